The van der Waals surface area contributed by atoms with Gasteiger partial charge in [0, 0.05) is 0 Å². The van der Waals surface area contributed by atoms with Gasteiger partial charge in [-0.3, -0.25) is 0 Å². The van der Waals surface area contributed by atoms with E-state index in [1.807, 2.05) is 6.92 Å². The van der Waals surface area contributed by atoms with Crippen LogP contribution in [-0.2, 0) is 0 Å². The van der Waals surface area contributed by atoms with Crippen molar-refractivity contribution in [2.24, 2.45) is 0 Å². The van der Waals surface area contributed by atoms with Gasteiger partial charge in [0.05, 0.1) is 32.1 Å². The number of nitrogens with zero attached hydrogens (tertiary/aromatic N) is 1. The molecular formula is C12H21N3O4. The summed E-state index contributed by atoms with van der Waals surface area (Å²) in [6, 6.07) is 3.20. The zero-order chi connectivity index (χ0) is 14.3. The Balaban J connectivity index is 2.89. The van der Waals surface area contributed by atoms with Crippen LogP contribution in [0.3, 0.4) is 0 Å². The number of aromatic nitrogens is 1. The SMILES string of the molecule is CCCOc1nc(NC(CO)(CO)CO)ccc1N. The van der Waals surface area contributed by atoms with Crippen molar-refractivity contribution in [3.63, 3.8) is 0 Å². The molecule has 0 saturated carbocycles. The number of nitrogens with one attached hydrogen (secondary N) is 1. The van der Waals surface area contributed by atoms with Crippen LogP contribution in [0.2, 0.25) is 0 Å². The maximum atomic E-state index is 9.24. The van der Waals surface area contributed by atoms with E-state index < -0.39 is 25.4 Å². The van der Waals surface area contributed by atoms with E-state index >= 15 is 0 Å². The summed E-state index contributed by atoms with van der Waals surface area (Å²) in [6.07, 6.45) is 0.826. The number of anilines is 2. The predicted molar refractivity (Wildman–Crippen MR) is 72.0 cm³/mol. The highest BCUT2D eigenvalue weighted by Crippen LogP contribution is 2.23. The molecule has 0 aliphatic rings. The maximum Gasteiger partial charge on any atom is 0.239 e. The lowest BCUT2D eigenvalue weighted by molar-refractivity contribution is 0.0830. The molecule has 7 heteroatoms. The normalized spacial score (nSPS) is 11.4. The Morgan fingerprint density at radius 3 is 2.42 bits per heavy atom. The summed E-state index contributed by atoms with van der Waals surface area (Å²) in [5.41, 5.74) is 4.90. The van der Waals surface area contributed by atoms with Crippen LogP contribution in [0.1, 0.15) is 13.3 Å². The summed E-state index contributed by atoms with van der Waals surface area (Å²) in [5.74, 6) is 0.645. The van der Waals surface area contributed by atoms with Gasteiger partial charge in [0.25, 0.3) is 0 Å². The van der Waals surface area contributed by atoms with Gasteiger partial charge in [0.15, 0.2) is 0 Å². The van der Waals surface area contributed by atoms with Crippen molar-refractivity contribution < 1.29 is 20.1 Å². The van der Waals surface area contributed by atoms with Gasteiger partial charge in [0.2, 0.25) is 5.88 Å². The van der Waals surface area contributed by atoms with E-state index in [2.05, 4.69) is 10.3 Å². The van der Waals surface area contributed by atoms with Gasteiger partial charge >= 0.3 is 0 Å². The first-order chi connectivity index (χ1) is 9.10. The Kier molecular flexibility index (Phi) is 5.81. The maximum absolute atomic E-state index is 9.24. The third-order valence-electron chi connectivity index (χ3n) is 2.63. The van der Waals surface area contributed by atoms with Crippen LogP contribution < -0.4 is 15.8 Å². The number of ether oxygens (including phenoxy) is 1. The molecule has 0 unspecified atom stereocenters. The molecule has 108 valence electrons. The number of nitrogen functional groups attached to an aromatic ring is 1. The van der Waals surface area contributed by atoms with E-state index in [9.17, 15) is 15.3 Å². The number of aliphatic hydroxyl groups is 3. The van der Waals surface area contributed by atoms with Crippen molar-refractivity contribution in [3.8, 4) is 5.88 Å². The first kappa shape index (κ1) is 15.5. The smallest absolute Gasteiger partial charge is 0.239 e. The van der Waals surface area contributed by atoms with Crippen LogP contribution in [0.5, 0.6) is 5.88 Å². The number of nitrogens with two attached hydrogens (primary N) is 1. The molecule has 6 N–H and O–H groups in total. The van der Waals surface area contributed by atoms with Crippen molar-refractivity contribution in [1.29, 1.82) is 0 Å². The average Bonchev–Trinajstić information content (AvgIpc) is 2.45. The highest BCUT2D eigenvalue weighted by Gasteiger charge is 2.28. The van der Waals surface area contributed by atoms with Crippen molar-refractivity contribution in [2.75, 3.05) is 37.5 Å². The fourth-order valence-electron chi connectivity index (χ4n) is 1.38. The van der Waals surface area contributed by atoms with Crippen LogP contribution in [0.4, 0.5) is 11.5 Å². The summed E-state index contributed by atoms with van der Waals surface area (Å²) in [7, 11) is 0. The molecule has 0 atom stereocenters. The lowest BCUT2D eigenvalue weighted by Gasteiger charge is -2.29. The van der Waals surface area contributed by atoms with Gasteiger partial charge in [-0.1, -0.05) is 6.92 Å². The van der Waals surface area contributed by atoms with Gasteiger partial charge < -0.3 is 31.1 Å². The molecule has 0 radical (unpaired) electrons. The Bertz CT molecular complexity index is 388. The van der Waals surface area contributed by atoms with E-state index in [0.29, 0.717) is 18.1 Å². The minimum absolute atomic E-state index is 0.287. The van der Waals surface area contributed by atoms with E-state index in [0.717, 1.165) is 6.42 Å². The van der Waals surface area contributed by atoms with E-state index in [-0.39, 0.29) is 5.88 Å². The standard InChI is InChI=1S/C12H21N3O4/c1-2-5-19-11-9(13)3-4-10(14-11)15-12(6-16,7-17)8-18/h3-4,16-18H,2,5-8,13H2,1H3,(H,14,15). The number of aliphatic hydroxyl groups excluding tert-OH is 3. The molecule has 0 amide bonds. The molecule has 0 spiro atoms. The van der Waals surface area contributed by atoms with Gasteiger partial charge in [0.1, 0.15) is 11.4 Å². The van der Waals surface area contributed by atoms with Crippen LogP contribution in [0, 0.1) is 0 Å². The molecule has 1 aromatic rings. The number of hydrogen-bond acceptors (Lipinski definition) is 7. The minimum atomic E-state index is -1.23. The van der Waals surface area contributed by atoms with Crippen molar-refractivity contribution >= 4 is 11.5 Å². The summed E-state index contributed by atoms with van der Waals surface area (Å²) in [6.45, 7) is 1.16. The van der Waals surface area contributed by atoms with E-state index in [1.165, 1.54) is 0 Å². The van der Waals surface area contributed by atoms with Gasteiger partial charge in [-0.15, -0.1) is 0 Å². The number of pyridine rings is 1. The molecule has 0 saturated heterocycles. The molecule has 1 rings (SSSR count). The molecule has 0 aromatic carbocycles. The Labute approximate surface area is 112 Å². The molecule has 19 heavy (non-hydrogen) atoms. The van der Waals surface area contributed by atoms with Crippen molar-refractivity contribution in [2.45, 2.75) is 18.9 Å². The summed E-state index contributed by atoms with van der Waals surface area (Å²) >= 11 is 0. The Morgan fingerprint density at radius 2 is 1.89 bits per heavy atom. The molecule has 0 fully saturated rings. The summed E-state index contributed by atoms with van der Waals surface area (Å²) < 4.78 is 5.38. The molecule has 0 bridgehead atoms. The van der Waals surface area contributed by atoms with Gasteiger partial charge in [-0.2, -0.15) is 4.98 Å². The third kappa shape index (κ3) is 3.95. The van der Waals surface area contributed by atoms with Gasteiger partial charge in [-0.25, -0.2) is 0 Å². The molecule has 0 aliphatic carbocycles. The highest BCUT2D eigenvalue weighted by molar-refractivity contribution is 5.54. The predicted octanol–water partition coefficient (Wildman–Crippen LogP) is -0.420. The lowest BCUT2D eigenvalue weighted by Crippen LogP contribution is -2.49. The van der Waals surface area contributed by atoms with Crippen LogP contribution >= 0.6 is 0 Å². The highest BCUT2D eigenvalue weighted by atomic mass is 16.5. The van der Waals surface area contributed by atoms with Crippen LogP contribution in [-0.4, -0.2) is 52.3 Å². The third-order valence-corrected chi connectivity index (χ3v) is 2.63. The second-order valence-corrected chi connectivity index (χ2v) is 4.32. The Hall–Kier alpha value is -1.57. The molecule has 1 heterocycles. The fourth-order valence-corrected chi connectivity index (χ4v) is 1.38. The second-order valence-electron chi connectivity index (χ2n) is 4.32. The lowest BCUT2D eigenvalue weighted by atomic mass is 10.0. The second kappa shape index (κ2) is 7.13. The molecular weight excluding hydrogens is 250 g/mol. The minimum Gasteiger partial charge on any atom is -0.476 e. The number of hydrogen-bond donors (Lipinski definition) is 5. The topological polar surface area (TPSA) is 121 Å². The molecule has 0 aliphatic heterocycles. The quantitative estimate of drug-likeness (QED) is 0.435. The Morgan fingerprint density at radius 1 is 1.26 bits per heavy atom. The molecule has 1 aromatic heterocycles. The fraction of sp³-hybridized carbons (Fsp3) is 0.583. The van der Waals surface area contributed by atoms with Gasteiger partial charge in [-0.05, 0) is 18.6 Å². The van der Waals surface area contributed by atoms with Crippen molar-refractivity contribution in [1.82, 2.24) is 4.98 Å². The van der Waals surface area contributed by atoms with E-state index in [1.54, 1.807) is 12.1 Å². The molecule has 7 nitrogen and oxygen atoms in total. The monoisotopic (exact) mass is 271 g/mol. The van der Waals surface area contributed by atoms with Crippen LogP contribution in [0.25, 0.3) is 0 Å². The summed E-state index contributed by atoms with van der Waals surface area (Å²) in [4.78, 5) is 4.15. The largest absolute Gasteiger partial charge is 0.476 e. The first-order valence-electron chi connectivity index (χ1n) is 6.11. The van der Waals surface area contributed by atoms with E-state index in [4.69, 9.17) is 10.5 Å². The zero-order valence-corrected chi connectivity index (χ0v) is 11.0. The average molecular weight is 271 g/mol. The van der Waals surface area contributed by atoms with Crippen molar-refractivity contribution in [3.05, 3.63) is 12.1 Å². The zero-order valence-electron chi connectivity index (χ0n) is 11.0. The first-order valence-corrected chi connectivity index (χ1v) is 6.11. The van der Waals surface area contributed by atoms with Crippen LogP contribution in [0.15, 0.2) is 12.1 Å². The summed E-state index contributed by atoms with van der Waals surface area (Å²) in [5, 5.41) is 30.5. The number of rotatable bonds is 8.